The average molecular weight is 591 g/mol. The van der Waals surface area contributed by atoms with E-state index in [1.54, 1.807) is 16.9 Å². The van der Waals surface area contributed by atoms with Crippen LogP contribution in [0.4, 0.5) is 5.82 Å². The van der Waals surface area contributed by atoms with Gasteiger partial charge in [-0.05, 0) is 44.9 Å². The molecule has 3 aromatic heterocycles. The smallest absolute Gasteiger partial charge is 0.652 e. The van der Waals surface area contributed by atoms with Gasteiger partial charge >= 0.3 is 68.9 Å². The maximum atomic E-state index is 12.3. The quantitative estimate of drug-likeness (QED) is 0.442. The molecule has 1 N–H and O–H groups in total. The van der Waals surface area contributed by atoms with Crippen molar-refractivity contribution in [3.05, 3.63) is 47.7 Å². The van der Waals surface area contributed by atoms with Gasteiger partial charge in [0.2, 0.25) is 5.91 Å². The number of rotatable bonds is 6. The summed E-state index contributed by atoms with van der Waals surface area (Å²) in [6.45, 7) is 7.02. The first-order chi connectivity index (χ1) is 16.5. The number of pyridine rings is 2. The summed E-state index contributed by atoms with van der Waals surface area (Å²) >= 11 is 0. The molecule has 35 heavy (non-hydrogen) atoms. The number of piperidine rings is 1. The van der Waals surface area contributed by atoms with E-state index in [1.807, 2.05) is 31.3 Å². The third-order valence-corrected chi connectivity index (χ3v) is 6.75. The predicted octanol–water partition coefficient (Wildman–Crippen LogP) is 0.292. The van der Waals surface area contributed by atoms with Gasteiger partial charge in [0.1, 0.15) is 17.6 Å². The van der Waals surface area contributed by atoms with Crippen LogP contribution in [0.5, 0.6) is 5.75 Å². The number of anilines is 1. The van der Waals surface area contributed by atoms with Crippen LogP contribution in [0.2, 0.25) is 0 Å². The zero-order chi connectivity index (χ0) is 23.7. The van der Waals surface area contributed by atoms with Crippen LogP contribution in [0.25, 0.3) is 22.0 Å². The van der Waals surface area contributed by atoms with Crippen molar-refractivity contribution in [1.82, 2.24) is 19.9 Å². The van der Waals surface area contributed by atoms with E-state index in [0.29, 0.717) is 17.9 Å². The second kappa shape index (κ2) is 11.2. The Morgan fingerprint density at radius 1 is 1.34 bits per heavy atom. The van der Waals surface area contributed by atoms with E-state index in [0.717, 1.165) is 61.4 Å². The van der Waals surface area contributed by atoms with Crippen LogP contribution < -0.4 is 83.8 Å². The minimum absolute atomic E-state index is 0. The molecule has 3 aromatic rings. The Hall–Kier alpha value is -1.59. The molecule has 5 rings (SSSR count). The average Bonchev–Trinajstić information content (AvgIpc) is 3.21. The van der Waals surface area contributed by atoms with E-state index in [-0.39, 0.29) is 86.4 Å². The van der Waals surface area contributed by atoms with Gasteiger partial charge in [0, 0.05) is 36.0 Å². The Labute approximate surface area is 264 Å². The standard InChI is InChI=1S/C25H28N7O2.Cs/c1-3-34-19-12-20(23-18(13-26)15-29-32(23)16-19)17-4-5-22(28-14-17)31-10-7-25(2,8-11-31)30-24(33)21-6-9-27-21;/h4-5,12,14-16,21H,3,6-11H2,1-2H3,(H,30,33);/q-1;+1. The number of ether oxygens (including phenoxy) is 1. The summed E-state index contributed by atoms with van der Waals surface area (Å²) in [6, 6.07) is 8.03. The molecule has 0 bridgehead atoms. The van der Waals surface area contributed by atoms with Crippen LogP contribution in [0.15, 0.2) is 36.8 Å². The number of carbonyl (C=O) groups is 1. The predicted molar refractivity (Wildman–Crippen MR) is 129 cm³/mol. The number of carbonyl (C=O) groups excluding carboxylic acids is 1. The maximum absolute atomic E-state index is 12.3. The van der Waals surface area contributed by atoms with Gasteiger partial charge in [0.15, 0.2) is 0 Å². The molecule has 0 saturated carbocycles. The molecular formula is C25H28CsN7O2. The number of amides is 1. The summed E-state index contributed by atoms with van der Waals surface area (Å²) in [6.07, 6.45) is 7.76. The minimum Gasteiger partial charge on any atom is -0.652 e. The maximum Gasteiger partial charge on any atom is 1.00 e. The van der Waals surface area contributed by atoms with Gasteiger partial charge in [0.05, 0.1) is 30.1 Å². The van der Waals surface area contributed by atoms with Crippen molar-refractivity contribution in [1.29, 1.82) is 5.26 Å². The number of nitriles is 1. The summed E-state index contributed by atoms with van der Waals surface area (Å²) in [5.74, 6) is 1.65. The Bertz CT molecular complexity index is 1240. The fourth-order valence-corrected chi connectivity index (χ4v) is 4.58. The Morgan fingerprint density at radius 3 is 2.71 bits per heavy atom. The zero-order valence-corrected chi connectivity index (χ0v) is 26.8. The monoisotopic (exact) mass is 591 g/mol. The topological polar surface area (TPSA) is 110 Å². The number of hydrogen-bond donors (Lipinski definition) is 1. The van der Waals surface area contributed by atoms with Gasteiger partial charge < -0.3 is 20.3 Å². The van der Waals surface area contributed by atoms with Crippen molar-refractivity contribution in [2.75, 3.05) is 31.1 Å². The van der Waals surface area contributed by atoms with Crippen molar-refractivity contribution < 1.29 is 78.4 Å². The summed E-state index contributed by atoms with van der Waals surface area (Å²) in [5, 5.41) is 21.3. The van der Waals surface area contributed by atoms with Crippen LogP contribution in [0.3, 0.4) is 0 Å². The fourth-order valence-electron chi connectivity index (χ4n) is 4.58. The van der Waals surface area contributed by atoms with Crippen LogP contribution in [0, 0.1) is 11.3 Å². The van der Waals surface area contributed by atoms with Gasteiger partial charge in [-0.2, -0.15) is 10.4 Å². The molecule has 0 aliphatic carbocycles. The van der Waals surface area contributed by atoms with Crippen LogP contribution in [-0.4, -0.2) is 58.3 Å². The number of fused-ring (bicyclic) bond motifs is 1. The molecular weight excluding hydrogens is 563 g/mol. The SMILES string of the molecule is CCOc1cc(-c2ccc(N3CCC(C)(NC(=O)C4CC[N-]4)CC3)nc2)c2c(C#N)cnn2c1.[Cs+]. The summed E-state index contributed by atoms with van der Waals surface area (Å²) < 4.78 is 7.39. The van der Waals surface area contributed by atoms with Crippen molar-refractivity contribution in [2.45, 2.75) is 44.7 Å². The number of hydrogen-bond acceptors (Lipinski definition) is 6. The molecule has 2 aliphatic heterocycles. The van der Waals surface area contributed by atoms with Gasteiger partial charge in [-0.15, -0.1) is 6.54 Å². The molecule has 0 radical (unpaired) electrons. The van der Waals surface area contributed by atoms with Crippen molar-refractivity contribution in [2.24, 2.45) is 0 Å². The molecule has 2 aliphatic rings. The van der Waals surface area contributed by atoms with Gasteiger partial charge in [-0.25, -0.2) is 9.50 Å². The molecule has 1 unspecified atom stereocenters. The molecule has 10 heteroatoms. The number of aromatic nitrogens is 3. The molecule has 0 spiro atoms. The largest absolute Gasteiger partial charge is 1.00 e. The molecule has 2 saturated heterocycles. The summed E-state index contributed by atoms with van der Waals surface area (Å²) in [7, 11) is 0. The second-order valence-corrected chi connectivity index (χ2v) is 9.14. The van der Waals surface area contributed by atoms with E-state index in [9.17, 15) is 10.1 Å². The first-order valence-corrected chi connectivity index (χ1v) is 11.7. The van der Waals surface area contributed by atoms with E-state index in [1.165, 1.54) is 0 Å². The van der Waals surface area contributed by atoms with Crippen LogP contribution in [-0.2, 0) is 4.79 Å². The van der Waals surface area contributed by atoms with Crippen molar-refractivity contribution in [3.63, 3.8) is 0 Å². The minimum atomic E-state index is -0.209. The van der Waals surface area contributed by atoms with Crippen molar-refractivity contribution in [3.8, 4) is 22.9 Å². The Morgan fingerprint density at radius 2 is 2.11 bits per heavy atom. The Kier molecular flexibility index (Phi) is 8.48. The molecule has 1 amide bonds. The molecule has 1 atom stereocenters. The van der Waals surface area contributed by atoms with E-state index in [2.05, 4.69) is 33.6 Å². The number of nitrogens with zero attached hydrogens (tertiary/aromatic N) is 6. The van der Waals surface area contributed by atoms with Gasteiger partial charge in [0.25, 0.3) is 0 Å². The molecule has 9 nitrogen and oxygen atoms in total. The van der Waals surface area contributed by atoms with Crippen molar-refractivity contribution >= 4 is 17.2 Å². The summed E-state index contributed by atoms with van der Waals surface area (Å²) in [4.78, 5) is 19.3. The van der Waals surface area contributed by atoms with E-state index in [4.69, 9.17) is 9.72 Å². The third kappa shape index (κ3) is 5.56. The fraction of sp³-hybridized carbons (Fsp3) is 0.440. The molecule has 0 aromatic carbocycles. The normalized spacial score (nSPS) is 18.8. The van der Waals surface area contributed by atoms with E-state index < -0.39 is 0 Å². The van der Waals surface area contributed by atoms with Crippen LogP contribution >= 0.6 is 0 Å². The molecule has 176 valence electrons. The van der Waals surface area contributed by atoms with Crippen LogP contribution in [0.1, 0.15) is 38.7 Å². The molecule has 2 fully saturated rings. The van der Waals surface area contributed by atoms with E-state index >= 15 is 0 Å². The summed E-state index contributed by atoms with van der Waals surface area (Å²) in [5.41, 5.74) is 2.79. The van der Waals surface area contributed by atoms with Gasteiger partial charge in [-0.1, -0.05) is 12.5 Å². The first-order valence-electron chi connectivity index (χ1n) is 11.7. The molecule has 5 heterocycles. The Balaban J connectivity index is 0.00000289. The third-order valence-electron chi connectivity index (χ3n) is 6.75. The van der Waals surface area contributed by atoms with Gasteiger partial charge in [-0.3, -0.25) is 4.79 Å². The zero-order valence-electron chi connectivity index (χ0n) is 20.5. The second-order valence-electron chi connectivity index (χ2n) is 9.14. The first kappa shape index (κ1) is 26.5. The number of nitrogens with one attached hydrogen (secondary N) is 1.